The van der Waals surface area contributed by atoms with Crippen LogP contribution in [0.25, 0.3) is 0 Å². The van der Waals surface area contributed by atoms with Gasteiger partial charge in [0.25, 0.3) is 0 Å². The third kappa shape index (κ3) is 3.12. The fourth-order valence-corrected chi connectivity index (χ4v) is 1.75. The van der Waals surface area contributed by atoms with Crippen molar-refractivity contribution in [1.29, 1.82) is 0 Å². The summed E-state index contributed by atoms with van der Waals surface area (Å²) in [5, 5.41) is 46.2. The number of aliphatic hydroxyl groups is 4. The van der Waals surface area contributed by atoms with Gasteiger partial charge in [-0.2, -0.15) is 0 Å². The lowest BCUT2D eigenvalue weighted by Gasteiger charge is -2.43. The highest BCUT2D eigenvalue weighted by molar-refractivity contribution is 5.69. The molecule has 0 aromatic rings. The number of likely N-dealkylation sites (N-methyl/N-ethyl adjacent to an activating group) is 1. The number of carbonyl (C=O) groups is 1. The van der Waals surface area contributed by atoms with Crippen LogP contribution in [0.5, 0.6) is 0 Å². The summed E-state index contributed by atoms with van der Waals surface area (Å²) in [7, 11) is 1.39. The number of ether oxygens (including phenoxy) is 1. The van der Waals surface area contributed by atoms with Gasteiger partial charge in [-0.05, 0) is 7.05 Å². The minimum absolute atomic E-state index is 0.400. The summed E-state index contributed by atoms with van der Waals surface area (Å²) in [5.74, 6) is -1.12. The first-order valence-corrected chi connectivity index (χ1v) is 5.11. The predicted molar refractivity (Wildman–Crippen MR) is 54.0 cm³/mol. The highest BCUT2D eigenvalue weighted by atomic mass is 16.6. The van der Waals surface area contributed by atoms with Crippen LogP contribution in [0.2, 0.25) is 0 Å². The Balaban J connectivity index is 2.74. The molecule has 0 saturated carbocycles. The van der Waals surface area contributed by atoms with E-state index in [1.807, 2.05) is 0 Å². The van der Waals surface area contributed by atoms with Crippen molar-refractivity contribution in [2.45, 2.75) is 30.6 Å². The van der Waals surface area contributed by atoms with E-state index in [2.05, 4.69) is 0 Å². The third-order valence-electron chi connectivity index (χ3n) is 2.69. The van der Waals surface area contributed by atoms with Crippen LogP contribution < -0.4 is 0 Å². The lowest BCUT2D eigenvalue weighted by atomic mass is 9.98. The third-order valence-corrected chi connectivity index (χ3v) is 2.69. The van der Waals surface area contributed by atoms with Crippen molar-refractivity contribution in [3.63, 3.8) is 0 Å². The van der Waals surface area contributed by atoms with Crippen LogP contribution in [0.4, 0.5) is 0 Å². The van der Waals surface area contributed by atoms with E-state index in [1.165, 1.54) is 11.9 Å². The Kier molecular flexibility index (Phi) is 4.80. The molecule has 1 fully saturated rings. The molecule has 5 N–H and O–H groups in total. The quantitative estimate of drug-likeness (QED) is 0.353. The molecular formula is C9H17NO7. The molecule has 0 aromatic heterocycles. The van der Waals surface area contributed by atoms with Crippen molar-refractivity contribution in [3.05, 3.63) is 0 Å². The number of carboxylic acids is 1. The van der Waals surface area contributed by atoms with Crippen LogP contribution in [0.3, 0.4) is 0 Å². The summed E-state index contributed by atoms with van der Waals surface area (Å²) in [6, 6.07) is 0. The van der Waals surface area contributed by atoms with Gasteiger partial charge in [-0.1, -0.05) is 0 Å². The average Bonchev–Trinajstić information content (AvgIpc) is 2.25. The Hall–Kier alpha value is -0.770. The Morgan fingerprint density at radius 2 is 1.82 bits per heavy atom. The van der Waals surface area contributed by atoms with Crippen molar-refractivity contribution in [1.82, 2.24) is 4.90 Å². The van der Waals surface area contributed by atoms with Crippen molar-refractivity contribution in [2.75, 3.05) is 20.2 Å². The number of nitrogens with zero attached hydrogens (tertiary/aromatic N) is 1. The van der Waals surface area contributed by atoms with Crippen LogP contribution in [0.1, 0.15) is 0 Å². The van der Waals surface area contributed by atoms with Gasteiger partial charge in [0, 0.05) is 0 Å². The zero-order chi connectivity index (χ0) is 13.2. The average molecular weight is 251 g/mol. The molecule has 0 amide bonds. The van der Waals surface area contributed by atoms with E-state index < -0.39 is 49.8 Å². The Bertz CT molecular complexity index is 272. The first-order valence-electron chi connectivity index (χ1n) is 5.11. The second-order valence-electron chi connectivity index (χ2n) is 4.03. The molecule has 100 valence electrons. The summed E-state index contributed by atoms with van der Waals surface area (Å²) in [6.45, 7) is -0.939. The van der Waals surface area contributed by atoms with Gasteiger partial charge in [-0.3, -0.25) is 9.69 Å². The number of aliphatic hydroxyl groups excluding tert-OH is 4. The maximum absolute atomic E-state index is 10.5. The molecule has 1 heterocycles. The maximum Gasteiger partial charge on any atom is 0.317 e. The van der Waals surface area contributed by atoms with Gasteiger partial charge in [-0.25, -0.2) is 0 Å². The number of aliphatic carboxylic acids is 1. The number of rotatable bonds is 4. The molecule has 0 spiro atoms. The van der Waals surface area contributed by atoms with Crippen LogP contribution in [0, 0.1) is 0 Å². The summed E-state index contributed by atoms with van der Waals surface area (Å²) >= 11 is 0. The second kappa shape index (κ2) is 5.71. The minimum atomic E-state index is -1.50. The predicted octanol–water partition coefficient (Wildman–Crippen LogP) is -3.20. The highest BCUT2D eigenvalue weighted by Gasteiger charge is 2.45. The van der Waals surface area contributed by atoms with Crippen LogP contribution in [-0.4, -0.2) is 87.2 Å². The number of hydrogen-bond acceptors (Lipinski definition) is 7. The second-order valence-corrected chi connectivity index (χ2v) is 4.03. The summed E-state index contributed by atoms with van der Waals surface area (Å²) < 4.78 is 5.15. The number of carboxylic acid groups (broad SMARTS) is 1. The monoisotopic (exact) mass is 251 g/mol. The van der Waals surface area contributed by atoms with Gasteiger partial charge >= 0.3 is 5.97 Å². The Morgan fingerprint density at radius 1 is 1.24 bits per heavy atom. The van der Waals surface area contributed by atoms with E-state index in [4.69, 9.17) is 14.9 Å². The lowest BCUT2D eigenvalue weighted by Crippen LogP contribution is -2.63. The topological polar surface area (TPSA) is 131 Å². The van der Waals surface area contributed by atoms with E-state index in [-0.39, 0.29) is 0 Å². The Labute approximate surface area is 97.7 Å². The molecule has 1 aliphatic rings. The van der Waals surface area contributed by atoms with E-state index >= 15 is 0 Å². The Morgan fingerprint density at radius 3 is 2.29 bits per heavy atom. The molecule has 1 saturated heterocycles. The van der Waals surface area contributed by atoms with E-state index in [0.717, 1.165) is 0 Å². The number of hydrogen-bond donors (Lipinski definition) is 5. The zero-order valence-corrected chi connectivity index (χ0v) is 9.30. The fourth-order valence-electron chi connectivity index (χ4n) is 1.75. The van der Waals surface area contributed by atoms with Gasteiger partial charge in [-0.15, -0.1) is 0 Å². The van der Waals surface area contributed by atoms with Gasteiger partial charge in [0.05, 0.1) is 13.2 Å². The molecule has 1 rings (SSSR count). The molecule has 8 nitrogen and oxygen atoms in total. The van der Waals surface area contributed by atoms with E-state index in [1.54, 1.807) is 0 Å². The molecular weight excluding hydrogens is 234 g/mol. The summed E-state index contributed by atoms with van der Waals surface area (Å²) in [6.07, 6.45) is -6.51. The van der Waals surface area contributed by atoms with Crippen molar-refractivity contribution < 1.29 is 35.1 Å². The normalized spacial score (nSPS) is 38.4. The first kappa shape index (κ1) is 14.3. The smallest absolute Gasteiger partial charge is 0.317 e. The standard InChI is InChI=1S/C9H17NO7/c1-10(2-5(12)13)9-8(16)7(15)6(14)4(3-11)17-9/h4,6-9,11,14-16H,2-3H2,1H3,(H,12,13)/t4-,6-,7+,8+,9-/m1/s1. The van der Waals surface area contributed by atoms with Crippen molar-refractivity contribution in [3.8, 4) is 0 Å². The summed E-state index contributed by atoms with van der Waals surface area (Å²) in [4.78, 5) is 11.7. The maximum atomic E-state index is 10.5. The molecule has 0 aliphatic carbocycles. The highest BCUT2D eigenvalue weighted by Crippen LogP contribution is 2.22. The zero-order valence-electron chi connectivity index (χ0n) is 9.30. The van der Waals surface area contributed by atoms with Gasteiger partial charge in [0.1, 0.15) is 30.6 Å². The molecule has 0 radical (unpaired) electrons. The van der Waals surface area contributed by atoms with Gasteiger partial charge in [0.15, 0.2) is 0 Å². The molecule has 8 heteroatoms. The fraction of sp³-hybridized carbons (Fsp3) is 0.889. The van der Waals surface area contributed by atoms with E-state index in [0.29, 0.717) is 0 Å². The van der Waals surface area contributed by atoms with Crippen molar-refractivity contribution >= 4 is 5.97 Å². The van der Waals surface area contributed by atoms with Gasteiger partial charge < -0.3 is 30.3 Å². The molecule has 17 heavy (non-hydrogen) atoms. The molecule has 5 atom stereocenters. The van der Waals surface area contributed by atoms with Crippen LogP contribution in [0.15, 0.2) is 0 Å². The van der Waals surface area contributed by atoms with Crippen LogP contribution in [-0.2, 0) is 9.53 Å². The molecule has 0 aromatic carbocycles. The molecule has 0 unspecified atom stereocenters. The van der Waals surface area contributed by atoms with Gasteiger partial charge in [0.2, 0.25) is 0 Å². The minimum Gasteiger partial charge on any atom is -0.480 e. The lowest BCUT2D eigenvalue weighted by molar-refractivity contribution is -0.261. The van der Waals surface area contributed by atoms with Crippen molar-refractivity contribution in [2.24, 2.45) is 0 Å². The molecule has 1 aliphatic heterocycles. The van der Waals surface area contributed by atoms with Crippen LogP contribution >= 0.6 is 0 Å². The first-order chi connectivity index (χ1) is 7.88. The summed E-state index contributed by atoms with van der Waals surface area (Å²) in [5.41, 5.74) is 0. The van der Waals surface area contributed by atoms with E-state index in [9.17, 15) is 20.1 Å². The molecule has 0 bridgehead atoms. The SMILES string of the molecule is CN(CC(=O)O)[C@@H]1O[C@H](CO)[C@@H](O)[C@H](O)[C@@H]1O. The largest absolute Gasteiger partial charge is 0.480 e.